The van der Waals surface area contributed by atoms with Gasteiger partial charge in [0.25, 0.3) is 0 Å². The molecule has 3 rings (SSSR count). The Labute approximate surface area is 126 Å². The second kappa shape index (κ2) is 5.29. The van der Waals surface area contributed by atoms with E-state index >= 15 is 0 Å². The Hall–Kier alpha value is -1.07. The molecule has 116 valence electrons. The minimum Gasteiger partial charge on any atom is -0.487 e. The maximum atomic E-state index is 11.6. The van der Waals surface area contributed by atoms with Crippen LogP contribution in [0.5, 0.6) is 5.75 Å². The Morgan fingerprint density at radius 3 is 2.95 bits per heavy atom. The minimum atomic E-state index is -2.84. The summed E-state index contributed by atoms with van der Waals surface area (Å²) in [4.78, 5) is 0. The number of hydrogen-bond donors (Lipinski definition) is 1. The molecule has 4 nitrogen and oxygen atoms in total. The molecule has 5 heteroatoms. The van der Waals surface area contributed by atoms with Crippen molar-refractivity contribution in [3.63, 3.8) is 0 Å². The first-order valence-electron chi connectivity index (χ1n) is 7.58. The predicted octanol–water partition coefficient (Wildman–Crippen LogP) is 2.07. The second-order valence-corrected chi connectivity index (χ2v) is 9.04. The van der Waals surface area contributed by atoms with Crippen LogP contribution in [0.3, 0.4) is 0 Å². The normalized spacial score (nSPS) is 26.1. The SMILES string of the molecule is CC1(C)Cc2cc(CNC3CCCS(=O)(=O)C3)ccc2O1. The van der Waals surface area contributed by atoms with Gasteiger partial charge in [-0.05, 0) is 43.9 Å². The number of hydrogen-bond acceptors (Lipinski definition) is 4. The highest BCUT2D eigenvalue weighted by Crippen LogP contribution is 2.35. The van der Waals surface area contributed by atoms with Crippen molar-refractivity contribution in [2.24, 2.45) is 0 Å². The minimum absolute atomic E-state index is 0.0877. The number of fused-ring (bicyclic) bond motifs is 1. The predicted molar refractivity (Wildman–Crippen MR) is 83.4 cm³/mol. The largest absolute Gasteiger partial charge is 0.487 e. The lowest BCUT2D eigenvalue weighted by Crippen LogP contribution is -2.39. The van der Waals surface area contributed by atoms with E-state index in [0.717, 1.165) is 25.0 Å². The lowest BCUT2D eigenvalue weighted by atomic mass is 10.00. The topological polar surface area (TPSA) is 55.4 Å². The van der Waals surface area contributed by atoms with Crippen molar-refractivity contribution in [3.8, 4) is 5.75 Å². The molecule has 0 bridgehead atoms. The third kappa shape index (κ3) is 3.58. The van der Waals surface area contributed by atoms with Crippen molar-refractivity contribution in [2.75, 3.05) is 11.5 Å². The van der Waals surface area contributed by atoms with Crippen LogP contribution in [0.15, 0.2) is 18.2 Å². The van der Waals surface area contributed by atoms with Crippen LogP contribution in [0.25, 0.3) is 0 Å². The lowest BCUT2D eigenvalue weighted by molar-refractivity contribution is 0.138. The summed E-state index contributed by atoms with van der Waals surface area (Å²) in [6.45, 7) is 4.91. The van der Waals surface area contributed by atoms with Crippen molar-refractivity contribution < 1.29 is 13.2 Å². The third-order valence-electron chi connectivity index (χ3n) is 4.19. The molecule has 1 fully saturated rings. The number of nitrogens with one attached hydrogen (secondary N) is 1. The van der Waals surface area contributed by atoms with Crippen LogP contribution in [0.1, 0.15) is 37.8 Å². The Bertz CT molecular complexity index is 637. The number of sulfone groups is 1. The van der Waals surface area contributed by atoms with Crippen LogP contribution in [0.4, 0.5) is 0 Å². The van der Waals surface area contributed by atoms with Gasteiger partial charge in [0.2, 0.25) is 0 Å². The van der Waals surface area contributed by atoms with Gasteiger partial charge < -0.3 is 10.1 Å². The molecule has 1 atom stereocenters. The van der Waals surface area contributed by atoms with Crippen molar-refractivity contribution in [1.82, 2.24) is 5.32 Å². The van der Waals surface area contributed by atoms with E-state index in [1.807, 2.05) is 6.07 Å². The van der Waals surface area contributed by atoms with Crippen molar-refractivity contribution >= 4 is 9.84 Å². The van der Waals surface area contributed by atoms with Gasteiger partial charge in [-0.2, -0.15) is 0 Å². The van der Waals surface area contributed by atoms with Gasteiger partial charge in [-0.1, -0.05) is 12.1 Å². The number of ether oxygens (including phenoxy) is 1. The molecule has 1 saturated heterocycles. The second-order valence-electron chi connectivity index (χ2n) is 6.82. The molecule has 2 heterocycles. The van der Waals surface area contributed by atoms with Gasteiger partial charge in [0.05, 0.1) is 11.5 Å². The maximum absolute atomic E-state index is 11.6. The molecule has 0 aliphatic carbocycles. The van der Waals surface area contributed by atoms with Gasteiger partial charge in [-0.15, -0.1) is 0 Å². The van der Waals surface area contributed by atoms with Crippen LogP contribution in [0.2, 0.25) is 0 Å². The van der Waals surface area contributed by atoms with Crippen molar-refractivity contribution in [2.45, 2.75) is 51.3 Å². The molecule has 0 spiro atoms. The Morgan fingerprint density at radius 1 is 1.38 bits per heavy atom. The van der Waals surface area contributed by atoms with Gasteiger partial charge in [0.1, 0.15) is 11.4 Å². The molecule has 21 heavy (non-hydrogen) atoms. The van der Waals surface area contributed by atoms with Crippen LogP contribution >= 0.6 is 0 Å². The smallest absolute Gasteiger partial charge is 0.151 e. The molecule has 0 saturated carbocycles. The van der Waals surface area contributed by atoms with E-state index in [2.05, 4.69) is 31.3 Å². The zero-order valence-corrected chi connectivity index (χ0v) is 13.5. The van der Waals surface area contributed by atoms with E-state index in [1.165, 1.54) is 11.1 Å². The van der Waals surface area contributed by atoms with E-state index < -0.39 is 9.84 Å². The zero-order chi connectivity index (χ0) is 15.1. The van der Waals surface area contributed by atoms with E-state index in [1.54, 1.807) is 0 Å². The van der Waals surface area contributed by atoms with Gasteiger partial charge in [-0.3, -0.25) is 0 Å². The van der Waals surface area contributed by atoms with Crippen molar-refractivity contribution in [1.29, 1.82) is 0 Å². The molecule has 0 radical (unpaired) electrons. The highest BCUT2D eigenvalue weighted by Gasteiger charge is 2.30. The molecule has 2 aliphatic heterocycles. The van der Waals surface area contributed by atoms with Crippen LogP contribution < -0.4 is 10.1 Å². The summed E-state index contributed by atoms with van der Waals surface area (Å²) >= 11 is 0. The molecule has 2 aliphatic rings. The molecular weight excluding hydrogens is 286 g/mol. The summed E-state index contributed by atoms with van der Waals surface area (Å²) in [5, 5.41) is 3.39. The highest BCUT2D eigenvalue weighted by molar-refractivity contribution is 7.91. The van der Waals surface area contributed by atoms with E-state index in [0.29, 0.717) is 12.3 Å². The van der Waals surface area contributed by atoms with Gasteiger partial charge >= 0.3 is 0 Å². The highest BCUT2D eigenvalue weighted by atomic mass is 32.2. The maximum Gasteiger partial charge on any atom is 0.151 e. The summed E-state index contributed by atoms with van der Waals surface area (Å²) < 4.78 is 29.2. The van der Waals surface area contributed by atoms with Gasteiger partial charge in [0.15, 0.2) is 9.84 Å². The Morgan fingerprint density at radius 2 is 2.19 bits per heavy atom. The van der Waals surface area contributed by atoms with E-state index in [-0.39, 0.29) is 17.4 Å². The molecule has 1 unspecified atom stereocenters. The summed E-state index contributed by atoms with van der Waals surface area (Å²) in [6, 6.07) is 6.35. The van der Waals surface area contributed by atoms with Crippen LogP contribution in [-0.2, 0) is 22.8 Å². The lowest BCUT2D eigenvalue weighted by Gasteiger charge is -2.23. The quantitative estimate of drug-likeness (QED) is 0.928. The molecule has 1 N–H and O–H groups in total. The third-order valence-corrected chi connectivity index (χ3v) is 6.01. The molecule has 0 amide bonds. The van der Waals surface area contributed by atoms with E-state index in [9.17, 15) is 8.42 Å². The molecular formula is C16H23NO3S. The Kier molecular flexibility index (Phi) is 3.74. The average Bonchev–Trinajstić information content (AvgIpc) is 2.68. The monoisotopic (exact) mass is 309 g/mol. The van der Waals surface area contributed by atoms with Crippen LogP contribution in [0, 0.1) is 0 Å². The first-order chi connectivity index (χ1) is 9.83. The number of rotatable bonds is 3. The summed E-state index contributed by atoms with van der Waals surface area (Å²) in [7, 11) is -2.84. The fourth-order valence-corrected chi connectivity index (χ4v) is 4.89. The summed E-state index contributed by atoms with van der Waals surface area (Å²) in [6.07, 6.45) is 2.64. The summed E-state index contributed by atoms with van der Waals surface area (Å²) in [5.41, 5.74) is 2.32. The fraction of sp³-hybridized carbons (Fsp3) is 0.625. The molecule has 0 aromatic heterocycles. The first-order valence-corrected chi connectivity index (χ1v) is 9.40. The number of benzene rings is 1. The molecule has 1 aromatic rings. The Balaban J connectivity index is 1.62. The zero-order valence-electron chi connectivity index (χ0n) is 12.7. The average molecular weight is 309 g/mol. The van der Waals surface area contributed by atoms with Gasteiger partial charge in [0, 0.05) is 19.0 Å². The molecule has 1 aromatic carbocycles. The first kappa shape index (κ1) is 14.9. The fourth-order valence-electron chi connectivity index (χ4n) is 3.22. The standard InChI is InChI=1S/C16H23NO3S/c1-16(2)9-13-8-12(5-6-15(13)20-16)10-17-14-4-3-7-21(18,19)11-14/h5-6,8,14,17H,3-4,7,9-11H2,1-2H3. The van der Waals surface area contributed by atoms with Gasteiger partial charge in [-0.25, -0.2) is 8.42 Å². The summed E-state index contributed by atoms with van der Waals surface area (Å²) in [5.74, 6) is 1.59. The van der Waals surface area contributed by atoms with Crippen molar-refractivity contribution in [3.05, 3.63) is 29.3 Å². The van der Waals surface area contributed by atoms with Crippen LogP contribution in [-0.4, -0.2) is 31.6 Å². The van der Waals surface area contributed by atoms with E-state index in [4.69, 9.17) is 4.74 Å².